The van der Waals surface area contributed by atoms with Crippen LogP contribution in [0, 0.1) is 17.8 Å². The number of hydrogen-bond donors (Lipinski definition) is 1. The van der Waals surface area contributed by atoms with Gasteiger partial charge in [0.15, 0.2) is 0 Å². The summed E-state index contributed by atoms with van der Waals surface area (Å²) in [5.74, 6) is -2.74. The molecule has 8 heteroatoms. The van der Waals surface area contributed by atoms with Crippen LogP contribution in [0.1, 0.15) is 52.9 Å². The first-order valence-corrected chi connectivity index (χ1v) is 12.8. The smallest absolute Gasteiger partial charge is 0.312 e. The molecule has 2 amide bonds. The minimum atomic E-state index is -1.27. The molecule has 0 aromatic rings. The van der Waals surface area contributed by atoms with Crippen LogP contribution in [0.25, 0.3) is 0 Å². The van der Waals surface area contributed by atoms with Gasteiger partial charge in [-0.25, -0.2) is 0 Å². The third-order valence-electron chi connectivity index (χ3n) is 7.72. The summed E-state index contributed by atoms with van der Waals surface area (Å²) in [6, 6.07) is -1.49. The molecule has 2 fully saturated rings. The van der Waals surface area contributed by atoms with E-state index in [1.54, 1.807) is 4.90 Å². The van der Waals surface area contributed by atoms with Crippen molar-refractivity contribution in [2.45, 2.75) is 76.7 Å². The normalized spacial score (nSPS) is 35.1. The summed E-state index contributed by atoms with van der Waals surface area (Å²) in [4.78, 5) is 44.6. The molecular formula is C26H38N2O6. The first-order valence-electron chi connectivity index (χ1n) is 12.8. The van der Waals surface area contributed by atoms with E-state index in [0.29, 0.717) is 26.1 Å². The van der Waals surface area contributed by atoms with E-state index in [1.165, 1.54) is 4.90 Å². The number of hydrogen-bond acceptors (Lipinski definition) is 6. The fraction of sp³-hybridized carbons (Fsp3) is 0.731. The SMILES string of the molecule is CCCCCN1CC=CC23O[C@@H]4/C=C\CCCOC(=O)C4[C@H]2C(=O)N(C(CO)C(C)C)[C@@H]3C1=O. The quantitative estimate of drug-likeness (QED) is 0.345. The van der Waals surface area contributed by atoms with Crippen LogP contribution < -0.4 is 0 Å². The zero-order valence-corrected chi connectivity index (χ0v) is 20.5. The minimum Gasteiger partial charge on any atom is -0.465 e. The molecule has 0 radical (unpaired) electrons. The largest absolute Gasteiger partial charge is 0.465 e. The molecule has 0 bridgehead atoms. The van der Waals surface area contributed by atoms with Crippen molar-refractivity contribution in [1.82, 2.24) is 9.80 Å². The molecule has 4 heterocycles. The first-order chi connectivity index (χ1) is 16.4. The van der Waals surface area contributed by atoms with Crippen molar-refractivity contribution in [2.24, 2.45) is 17.8 Å². The number of esters is 1. The predicted molar refractivity (Wildman–Crippen MR) is 126 cm³/mol. The number of amides is 2. The number of carbonyl (C=O) groups is 3. The summed E-state index contributed by atoms with van der Waals surface area (Å²) in [6.07, 6.45) is 11.3. The third-order valence-corrected chi connectivity index (χ3v) is 7.72. The maximum atomic E-state index is 14.1. The van der Waals surface area contributed by atoms with Crippen LogP contribution in [-0.2, 0) is 23.9 Å². The Bertz CT molecular complexity index is 854. The van der Waals surface area contributed by atoms with E-state index in [1.807, 2.05) is 38.2 Å². The summed E-state index contributed by atoms with van der Waals surface area (Å²) in [7, 11) is 0. The van der Waals surface area contributed by atoms with Crippen molar-refractivity contribution in [3.63, 3.8) is 0 Å². The fourth-order valence-electron chi connectivity index (χ4n) is 5.97. The number of ether oxygens (including phenoxy) is 2. The second kappa shape index (κ2) is 10.2. The molecule has 34 heavy (non-hydrogen) atoms. The first kappa shape index (κ1) is 24.9. The minimum absolute atomic E-state index is 0.0819. The Kier molecular flexibility index (Phi) is 7.48. The molecule has 0 aromatic heterocycles. The van der Waals surface area contributed by atoms with Gasteiger partial charge in [0, 0.05) is 13.1 Å². The molecule has 0 aromatic carbocycles. The lowest BCUT2D eigenvalue weighted by Gasteiger charge is -2.39. The van der Waals surface area contributed by atoms with Gasteiger partial charge >= 0.3 is 5.97 Å². The van der Waals surface area contributed by atoms with Gasteiger partial charge in [0.05, 0.1) is 31.3 Å². The zero-order chi connectivity index (χ0) is 24.5. The Labute approximate surface area is 201 Å². The number of allylic oxidation sites excluding steroid dienone is 1. The van der Waals surface area contributed by atoms with Gasteiger partial charge in [0.2, 0.25) is 11.8 Å². The van der Waals surface area contributed by atoms with Crippen LogP contribution in [0.3, 0.4) is 0 Å². The highest BCUT2D eigenvalue weighted by molar-refractivity contribution is 5.99. The molecule has 4 aliphatic heterocycles. The van der Waals surface area contributed by atoms with Crippen LogP contribution in [-0.4, -0.2) is 82.8 Å². The number of rotatable bonds is 7. The zero-order valence-electron chi connectivity index (χ0n) is 20.5. The molecule has 3 unspecified atom stereocenters. The van der Waals surface area contributed by atoms with E-state index in [4.69, 9.17) is 9.47 Å². The van der Waals surface area contributed by atoms with Gasteiger partial charge in [0.1, 0.15) is 17.6 Å². The summed E-state index contributed by atoms with van der Waals surface area (Å²) in [5, 5.41) is 10.2. The number of cyclic esters (lactones) is 1. The number of carbonyl (C=O) groups excluding carboxylic acids is 3. The van der Waals surface area contributed by atoms with Crippen molar-refractivity contribution in [3.8, 4) is 0 Å². The lowest BCUT2D eigenvalue weighted by Crippen LogP contribution is -2.59. The van der Waals surface area contributed by atoms with Crippen LogP contribution in [0.4, 0.5) is 0 Å². The van der Waals surface area contributed by atoms with E-state index < -0.39 is 41.6 Å². The van der Waals surface area contributed by atoms with Crippen LogP contribution in [0.5, 0.6) is 0 Å². The molecule has 0 saturated carbocycles. The van der Waals surface area contributed by atoms with Crippen LogP contribution in [0.2, 0.25) is 0 Å². The molecule has 6 atom stereocenters. The van der Waals surface area contributed by atoms with Gasteiger partial charge in [-0.05, 0) is 25.2 Å². The van der Waals surface area contributed by atoms with E-state index >= 15 is 0 Å². The molecule has 1 N–H and O–H groups in total. The average Bonchev–Trinajstić information content (AvgIpc) is 3.21. The average molecular weight is 475 g/mol. The molecule has 4 aliphatic rings. The van der Waals surface area contributed by atoms with Crippen LogP contribution in [0.15, 0.2) is 24.3 Å². The maximum absolute atomic E-state index is 14.1. The molecule has 2 saturated heterocycles. The Morgan fingerprint density at radius 2 is 1.97 bits per heavy atom. The molecule has 8 nitrogen and oxygen atoms in total. The Morgan fingerprint density at radius 1 is 1.18 bits per heavy atom. The lowest BCUT2D eigenvalue weighted by molar-refractivity contribution is -0.156. The highest BCUT2D eigenvalue weighted by Crippen LogP contribution is 2.54. The van der Waals surface area contributed by atoms with Crippen molar-refractivity contribution in [3.05, 3.63) is 24.3 Å². The van der Waals surface area contributed by atoms with Gasteiger partial charge in [0.25, 0.3) is 0 Å². The number of fused-ring (bicyclic) bond motifs is 2. The number of aliphatic hydroxyl groups is 1. The number of unbranched alkanes of at least 4 members (excludes halogenated alkanes) is 2. The second-order valence-corrected chi connectivity index (χ2v) is 10.2. The maximum Gasteiger partial charge on any atom is 0.312 e. The standard InChI is InChI=1S/C26H38N2O6/c1-4-5-8-13-27-14-10-12-26-21(20-19(34-26)11-7-6-9-15-33-25(20)32)23(30)28(22(26)24(27)31)18(16-29)17(2)3/h7,10-12,17-22,29H,4-6,8-9,13-16H2,1-3H3/b11-7-/t18?,19-,20?,21+,22-,26?/m1/s1. The van der Waals surface area contributed by atoms with Gasteiger partial charge in [-0.2, -0.15) is 0 Å². The third kappa shape index (κ3) is 4.09. The van der Waals surface area contributed by atoms with Crippen molar-refractivity contribution < 1.29 is 29.0 Å². The molecule has 1 spiro atoms. The topological polar surface area (TPSA) is 96.4 Å². The van der Waals surface area contributed by atoms with Crippen molar-refractivity contribution in [1.29, 1.82) is 0 Å². The summed E-state index contributed by atoms with van der Waals surface area (Å²) < 4.78 is 12.1. The van der Waals surface area contributed by atoms with Gasteiger partial charge in [-0.1, -0.05) is 57.9 Å². The Morgan fingerprint density at radius 3 is 2.68 bits per heavy atom. The lowest BCUT2D eigenvalue weighted by atomic mass is 9.78. The number of nitrogens with zero attached hydrogens (tertiary/aromatic N) is 2. The molecular weight excluding hydrogens is 436 g/mol. The molecule has 0 aliphatic carbocycles. The number of likely N-dealkylation sites (tertiary alicyclic amines) is 1. The summed E-state index contributed by atoms with van der Waals surface area (Å²) >= 11 is 0. The van der Waals surface area contributed by atoms with E-state index in [0.717, 1.165) is 25.7 Å². The highest BCUT2D eigenvalue weighted by atomic mass is 16.6. The second-order valence-electron chi connectivity index (χ2n) is 10.2. The summed E-state index contributed by atoms with van der Waals surface area (Å²) in [5.41, 5.74) is -1.27. The van der Waals surface area contributed by atoms with Crippen LogP contribution >= 0.6 is 0 Å². The van der Waals surface area contributed by atoms with Gasteiger partial charge < -0.3 is 24.4 Å². The van der Waals surface area contributed by atoms with Gasteiger partial charge in [-0.15, -0.1) is 0 Å². The highest BCUT2D eigenvalue weighted by Gasteiger charge is 2.72. The Balaban J connectivity index is 1.80. The van der Waals surface area contributed by atoms with Crippen molar-refractivity contribution >= 4 is 17.8 Å². The van der Waals surface area contributed by atoms with E-state index in [9.17, 15) is 19.5 Å². The van der Waals surface area contributed by atoms with E-state index in [-0.39, 0.29) is 24.3 Å². The Hall–Kier alpha value is -2.19. The molecule has 4 rings (SSSR count). The fourth-order valence-corrected chi connectivity index (χ4v) is 5.97. The monoisotopic (exact) mass is 474 g/mol. The summed E-state index contributed by atoms with van der Waals surface area (Å²) in [6.45, 7) is 7.00. The molecule has 188 valence electrons. The van der Waals surface area contributed by atoms with Gasteiger partial charge in [-0.3, -0.25) is 14.4 Å². The number of aliphatic hydroxyl groups excluding tert-OH is 1. The van der Waals surface area contributed by atoms with Crippen molar-refractivity contribution in [2.75, 3.05) is 26.3 Å². The van der Waals surface area contributed by atoms with E-state index in [2.05, 4.69) is 6.92 Å². The predicted octanol–water partition coefficient (Wildman–Crippen LogP) is 2.07.